The van der Waals surface area contributed by atoms with Crippen LogP contribution in [0.5, 0.6) is 0 Å². The maximum atomic E-state index is 4.94. The lowest BCUT2D eigenvalue weighted by atomic mass is 10.1. The Bertz CT molecular complexity index is 407. The molecule has 0 fully saturated rings. The Morgan fingerprint density at radius 1 is 1.29 bits per heavy atom. The molecule has 0 amide bonds. The van der Waals surface area contributed by atoms with Gasteiger partial charge in [0.05, 0.1) is 0 Å². The number of anilines is 1. The lowest BCUT2D eigenvalue weighted by molar-refractivity contribution is 0.558. The number of nitrogens with zero attached hydrogens (tertiary/aromatic N) is 2. The molecule has 1 heterocycles. The first-order valence-electron chi connectivity index (χ1n) is 4.43. The van der Waals surface area contributed by atoms with E-state index in [1.165, 1.54) is 6.39 Å². The molecule has 0 aliphatic heterocycles. The van der Waals surface area contributed by atoms with Crippen LogP contribution in [-0.2, 0) is 0 Å². The Morgan fingerprint density at radius 2 is 2.14 bits per heavy atom. The van der Waals surface area contributed by atoms with Crippen LogP contribution >= 0.6 is 0 Å². The number of oxazole rings is 1. The molecule has 0 saturated carbocycles. The standard InChI is InChI=1S/C11H12N2O/c1-13(2)10-5-3-4-9(6-10)11-7-14-8-12-11/h3-8H,1-2H3. The zero-order chi connectivity index (χ0) is 9.97. The summed E-state index contributed by atoms with van der Waals surface area (Å²) in [6, 6.07) is 8.17. The van der Waals surface area contributed by atoms with E-state index in [1.54, 1.807) is 6.26 Å². The maximum absolute atomic E-state index is 4.94. The Hall–Kier alpha value is -1.77. The van der Waals surface area contributed by atoms with Gasteiger partial charge in [0, 0.05) is 25.3 Å². The molecule has 0 radical (unpaired) electrons. The van der Waals surface area contributed by atoms with Crippen molar-refractivity contribution in [2.75, 3.05) is 19.0 Å². The summed E-state index contributed by atoms with van der Waals surface area (Å²) in [6.07, 6.45) is 3.09. The third kappa shape index (κ3) is 1.62. The lowest BCUT2D eigenvalue weighted by Crippen LogP contribution is -2.08. The third-order valence-electron chi connectivity index (χ3n) is 2.09. The van der Waals surface area contributed by atoms with Crippen molar-refractivity contribution in [2.45, 2.75) is 0 Å². The van der Waals surface area contributed by atoms with E-state index in [2.05, 4.69) is 22.0 Å². The summed E-state index contributed by atoms with van der Waals surface area (Å²) in [5, 5.41) is 0. The highest BCUT2D eigenvalue weighted by Gasteiger charge is 2.02. The van der Waals surface area contributed by atoms with Gasteiger partial charge in [0.25, 0.3) is 0 Å². The Balaban J connectivity index is 2.41. The molecule has 0 saturated heterocycles. The van der Waals surface area contributed by atoms with Gasteiger partial charge in [-0.15, -0.1) is 0 Å². The molecule has 0 bridgehead atoms. The van der Waals surface area contributed by atoms with Gasteiger partial charge in [-0.05, 0) is 12.1 Å². The van der Waals surface area contributed by atoms with E-state index in [0.29, 0.717) is 0 Å². The van der Waals surface area contributed by atoms with Crippen LogP contribution in [0.15, 0.2) is 41.3 Å². The summed E-state index contributed by atoms with van der Waals surface area (Å²) in [5.41, 5.74) is 3.10. The second-order valence-electron chi connectivity index (χ2n) is 3.32. The molecule has 0 atom stereocenters. The minimum Gasteiger partial charge on any atom is -0.451 e. The largest absolute Gasteiger partial charge is 0.451 e. The molecule has 0 aliphatic rings. The first-order valence-corrected chi connectivity index (χ1v) is 4.43. The van der Waals surface area contributed by atoms with Crippen molar-refractivity contribution in [1.29, 1.82) is 0 Å². The molecule has 1 aromatic heterocycles. The van der Waals surface area contributed by atoms with E-state index in [1.807, 2.05) is 26.2 Å². The van der Waals surface area contributed by atoms with E-state index >= 15 is 0 Å². The predicted molar refractivity (Wildman–Crippen MR) is 56.3 cm³/mol. The SMILES string of the molecule is CN(C)c1cccc(-c2cocn2)c1. The number of hydrogen-bond donors (Lipinski definition) is 0. The van der Waals surface area contributed by atoms with Gasteiger partial charge in [0.2, 0.25) is 0 Å². The first-order chi connectivity index (χ1) is 6.77. The molecule has 1 aromatic carbocycles. The topological polar surface area (TPSA) is 29.3 Å². The predicted octanol–water partition coefficient (Wildman–Crippen LogP) is 2.41. The molecule has 2 aromatic rings. The van der Waals surface area contributed by atoms with Crippen LogP contribution in [0.1, 0.15) is 0 Å². The zero-order valence-electron chi connectivity index (χ0n) is 8.27. The van der Waals surface area contributed by atoms with Crippen molar-refractivity contribution in [3.63, 3.8) is 0 Å². The minimum absolute atomic E-state index is 0.869. The molecule has 0 N–H and O–H groups in total. The highest BCUT2D eigenvalue weighted by atomic mass is 16.3. The molecular weight excluding hydrogens is 176 g/mol. The van der Waals surface area contributed by atoms with Gasteiger partial charge in [-0.25, -0.2) is 4.98 Å². The summed E-state index contributed by atoms with van der Waals surface area (Å²) in [4.78, 5) is 6.16. The van der Waals surface area contributed by atoms with Gasteiger partial charge >= 0.3 is 0 Å². The Labute approximate surface area is 83.0 Å². The second kappa shape index (κ2) is 3.54. The Kier molecular flexibility index (Phi) is 2.23. The third-order valence-corrected chi connectivity index (χ3v) is 2.09. The summed E-state index contributed by atoms with van der Waals surface area (Å²) in [7, 11) is 4.03. The van der Waals surface area contributed by atoms with Crippen LogP contribution in [0.2, 0.25) is 0 Å². The molecule has 3 heteroatoms. The van der Waals surface area contributed by atoms with Gasteiger partial charge in [0.1, 0.15) is 12.0 Å². The highest BCUT2D eigenvalue weighted by molar-refractivity contribution is 5.64. The molecular formula is C11H12N2O. The second-order valence-corrected chi connectivity index (χ2v) is 3.32. The molecule has 72 valence electrons. The smallest absolute Gasteiger partial charge is 0.181 e. The quantitative estimate of drug-likeness (QED) is 0.724. The minimum atomic E-state index is 0.869. The number of aromatic nitrogens is 1. The molecule has 14 heavy (non-hydrogen) atoms. The number of benzene rings is 1. The van der Waals surface area contributed by atoms with E-state index in [9.17, 15) is 0 Å². The van der Waals surface area contributed by atoms with Crippen molar-refractivity contribution in [2.24, 2.45) is 0 Å². The number of rotatable bonds is 2. The van der Waals surface area contributed by atoms with Gasteiger partial charge in [-0.1, -0.05) is 12.1 Å². The van der Waals surface area contributed by atoms with Crippen molar-refractivity contribution >= 4 is 5.69 Å². The molecule has 2 rings (SSSR count). The average Bonchev–Trinajstić information content (AvgIpc) is 2.71. The molecule has 3 nitrogen and oxygen atoms in total. The summed E-state index contributed by atoms with van der Waals surface area (Å²) in [6.45, 7) is 0. The normalized spacial score (nSPS) is 10.1. The van der Waals surface area contributed by atoms with E-state index in [-0.39, 0.29) is 0 Å². The van der Waals surface area contributed by atoms with Crippen LogP contribution in [0.3, 0.4) is 0 Å². The maximum Gasteiger partial charge on any atom is 0.181 e. The number of hydrogen-bond acceptors (Lipinski definition) is 3. The van der Waals surface area contributed by atoms with Gasteiger partial charge in [-0.2, -0.15) is 0 Å². The van der Waals surface area contributed by atoms with Crippen molar-refractivity contribution < 1.29 is 4.42 Å². The Morgan fingerprint density at radius 3 is 2.79 bits per heavy atom. The molecule has 0 unspecified atom stereocenters. The highest BCUT2D eigenvalue weighted by Crippen LogP contribution is 2.21. The van der Waals surface area contributed by atoms with Crippen molar-refractivity contribution in [3.05, 3.63) is 36.9 Å². The lowest BCUT2D eigenvalue weighted by Gasteiger charge is -2.12. The van der Waals surface area contributed by atoms with Crippen molar-refractivity contribution in [1.82, 2.24) is 4.98 Å². The summed E-state index contributed by atoms with van der Waals surface area (Å²) < 4.78 is 4.94. The van der Waals surface area contributed by atoms with Crippen molar-refractivity contribution in [3.8, 4) is 11.3 Å². The van der Waals surface area contributed by atoms with Crippen LogP contribution in [-0.4, -0.2) is 19.1 Å². The zero-order valence-corrected chi connectivity index (χ0v) is 8.27. The summed E-state index contributed by atoms with van der Waals surface area (Å²) in [5.74, 6) is 0. The first kappa shape index (κ1) is 8.81. The van der Waals surface area contributed by atoms with Crippen LogP contribution in [0, 0.1) is 0 Å². The molecule has 0 spiro atoms. The van der Waals surface area contributed by atoms with Crippen LogP contribution < -0.4 is 4.90 Å². The average molecular weight is 188 g/mol. The van der Waals surface area contributed by atoms with Crippen LogP contribution in [0.4, 0.5) is 5.69 Å². The fourth-order valence-corrected chi connectivity index (χ4v) is 1.30. The van der Waals surface area contributed by atoms with E-state index in [0.717, 1.165) is 16.9 Å². The monoisotopic (exact) mass is 188 g/mol. The fraction of sp³-hybridized carbons (Fsp3) is 0.182. The molecule has 0 aliphatic carbocycles. The van der Waals surface area contributed by atoms with Gasteiger partial charge < -0.3 is 9.32 Å². The van der Waals surface area contributed by atoms with Gasteiger partial charge in [-0.3, -0.25) is 0 Å². The summed E-state index contributed by atoms with van der Waals surface area (Å²) >= 11 is 0. The van der Waals surface area contributed by atoms with E-state index < -0.39 is 0 Å². The van der Waals surface area contributed by atoms with Crippen LogP contribution in [0.25, 0.3) is 11.3 Å². The van der Waals surface area contributed by atoms with E-state index in [4.69, 9.17) is 4.42 Å². The van der Waals surface area contributed by atoms with Gasteiger partial charge in [0.15, 0.2) is 6.39 Å². The fourth-order valence-electron chi connectivity index (χ4n) is 1.30.